The number of carbonyl (C=O) groups is 2. The van der Waals surface area contributed by atoms with Crippen molar-refractivity contribution in [2.24, 2.45) is 5.92 Å². The monoisotopic (exact) mass is 447 g/mol. The van der Waals surface area contributed by atoms with E-state index in [1.165, 1.54) is 54.5 Å². The van der Waals surface area contributed by atoms with Crippen LogP contribution >= 0.6 is 11.8 Å². The first-order valence-corrected chi connectivity index (χ1v) is 11.5. The first-order valence-electron chi connectivity index (χ1n) is 10.6. The Labute approximate surface area is 185 Å². The van der Waals surface area contributed by atoms with Crippen LogP contribution in [0.25, 0.3) is 10.9 Å². The molecule has 1 fully saturated rings. The molecule has 0 unspecified atom stereocenters. The number of thioether (sulfide) groups is 1. The fourth-order valence-corrected chi connectivity index (χ4v) is 4.31. The third-order valence-electron chi connectivity index (χ3n) is 5.13. The van der Waals surface area contributed by atoms with E-state index in [9.17, 15) is 19.5 Å². The molecule has 1 N–H and O–H groups in total. The summed E-state index contributed by atoms with van der Waals surface area (Å²) in [6.07, 6.45) is 2.47. The zero-order valence-corrected chi connectivity index (χ0v) is 19.0. The highest BCUT2D eigenvalue weighted by Gasteiger charge is 2.26. The van der Waals surface area contributed by atoms with Gasteiger partial charge in [0.05, 0.1) is 42.0 Å². The molecule has 1 aromatic carbocycles. The smallest absolute Gasteiger partial charge is 0.337 e. The van der Waals surface area contributed by atoms with Gasteiger partial charge in [-0.25, -0.2) is 9.78 Å². The Morgan fingerprint density at radius 3 is 2.74 bits per heavy atom. The number of nitrogens with zero attached hydrogens (tertiary/aromatic N) is 3. The lowest BCUT2D eigenvalue weighted by Crippen LogP contribution is -2.35. The Morgan fingerprint density at radius 1 is 1.39 bits per heavy atom. The van der Waals surface area contributed by atoms with Gasteiger partial charge in [-0.1, -0.05) is 18.7 Å². The normalized spacial score (nSPS) is 14.5. The van der Waals surface area contributed by atoms with Gasteiger partial charge < -0.3 is 14.7 Å². The minimum atomic E-state index is -0.757. The zero-order chi connectivity index (χ0) is 22.5. The van der Waals surface area contributed by atoms with Crippen LogP contribution in [-0.2, 0) is 16.1 Å². The van der Waals surface area contributed by atoms with Gasteiger partial charge in [0.1, 0.15) is 0 Å². The van der Waals surface area contributed by atoms with Gasteiger partial charge in [-0.15, -0.1) is 0 Å². The van der Waals surface area contributed by atoms with Crippen molar-refractivity contribution >= 4 is 34.5 Å². The van der Waals surface area contributed by atoms with Crippen molar-refractivity contribution in [1.29, 1.82) is 0 Å². The van der Waals surface area contributed by atoms with E-state index in [2.05, 4.69) is 4.98 Å². The molecule has 1 amide bonds. The number of fused-ring (bicyclic) bond motifs is 1. The molecule has 31 heavy (non-hydrogen) atoms. The fraction of sp³-hybridized carbons (Fsp3) is 0.545. The van der Waals surface area contributed by atoms with Gasteiger partial charge in [-0.05, 0) is 50.3 Å². The molecule has 0 bridgehead atoms. The maximum absolute atomic E-state index is 13.1. The van der Waals surface area contributed by atoms with Crippen molar-refractivity contribution in [3.63, 3.8) is 0 Å². The number of hydrogen-bond acceptors (Lipinski definition) is 7. The zero-order valence-electron chi connectivity index (χ0n) is 18.2. The van der Waals surface area contributed by atoms with Crippen molar-refractivity contribution in [3.8, 4) is 0 Å². The van der Waals surface area contributed by atoms with Gasteiger partial charge >= 0.3 is 5.97 Å². The summed E-state index contributed by atoms with van der Waals surface area (Å²) < 4.78 is 6.15. The number of esters is 1. The second-order valence-electron chi connectivity index (χ2n) is 7.95. The Kier molecular flexibility index (Phi) is 7.72. The van der Waals surface area contributed by atoms with Crippen LogP contribution in [0.4, 0.5) is 0 Å². The Hall–Kier alpha value is -2.39. The molecule has 8 nitrogen and oxygen atoms in total. The van der Waals surface area contributed by atoms with E-state index in [-0.39, 0.29) is 23.8 Å². The third-order valence-corrected chi connectivity index (χ3v) is 6.10. The molecule has 3 rings (SSSR count). The molecule has 0 spiro atoms. The lowest BCUT2D eigenvalue weighted by molar-refractivity contribution is -0.128. The van der Waals surface area contributed by atoms with Crippen molar-refractivity contribution in [2.75, 3.05) is 26.0 Å². The average molecular weight is 448 g/mol. The van der Waals surface area contributed by atoms with E-state index in [1.54, 1.807) is 6.92 Å². The lowest BCUT2D eigenvalue weighted by atomic mass is 10.1. The van der Waals surface area contributed by atoms with Crippen LogP contribution in [0.3, 0.4) is 0 Å². The number of carbonyl (C=O) groups excluding carboxylic acids is 2. The van der Waals surface area contributed by atoms with E-state index < -0.39 is 12.1 Å². The second kappa shape index (κ2) is 10.3. The summed E-state index contributed by atoms with van der Waals surface area (Å²) >= 11 is 1.18. The molecule has 2 aromatic rings. The van der Waals surface area contributed by atoms with Crippen LogP contribution < -0.4 is 5.56 Å². The maximum Gasteiger partial charge on any atom is 0.337 e. The second-order valence-corrected chi connectivity index (χ2v) is 8.90. The quantitative estimate of drug-likeness (QED) is 0.339. The standard InChI is InChI=1S/C22H29N3O5S/c1-4-9-24(12-15-5-6-15)19(27)13-31-22-23-18-10-16(21(29)30-3)7-8-17(18)20(28)25(22)11-14(2)26/h7-8,10,14-15,26H,4-6,9,11-13H2,1-3H3/t14-/m1/s1. The van der Waals surface area contributed by atoms with E-state index in [0.717, 1.165) is 13.0 Å². The third kappa shape index (κ3) is 5.86. The van der Waals surface area contributed by atoms with Crippen molar-refractivity contribution < 1.29 is 19.4 Å². The van der Waals surface area contributed by atoms with E-state index >= 15 is 0 Å². The number of benzene rings is 1. The molecule has 1 aromatic heterocycles. The number of amides is 1. The topological polar surface area (TPSA) is 102 Å². The number of rotatable bonds is 10. The van der Waals surface area contributed by atoms with Crippen LogP contribution in [0.5, 0.6) is 0 Å². The largest absolute Gasteiger partial charge is 0.465 e. The van der Waals surface area contributed by atoms with Crippen LogP contribution in [0.2, 0.25) is 0 Å². The minimum Gasteiger partial charge on any atom is -0.465 e. The Balaban J connectivity index is 1.91. The highest BCUT2D eigenvalue weighted by Crippen LogP contribution is 2.30. The molecule has 0 saturated heterocycles. The van der Waals surface area contributed by atoms with Gasteiger partial charge in [0.15, 0.2) is 5.16 Å². The van der Waals surface area contributed by atoms with Gasteiger partial charge in [-0.3, -0.25) is 14.2 Å². The van der Waals surface area contributed by atoms with E-state index in [4.69, 9.17) is 4.74 Å². The Bertz CT molecular complexity index is 1020. The summed E-state index contributed by atoms with van der Waals surface area (Å²) in [6, 6.07) is 4.56. The molecule has 1 atom stereocenters. The van der Waals surface area contributed by atoms with Crippen molar-refractivity contribution in [3.05, 3.63) is 34.1 Å². The van der Waals surface area contributed by atoms with E-state index in [0.29, 0.717) is 34.1 Å². The number of ether oxygens (including phenoxy) is 1. The highest BCUT2D eigenvalue weighted by molar-refractivity contribution is 7.99. The molecule has 0 aliphatic heterocycles. The minimum absolute atomic E-state index is 0.0139. The summed E-state index contributed by atoms with van der Waals surface area (Å²) in [4.78, 5) is 44.2. The summed E-state index contributed by atoms with van der Waals surface area (Å²) in [7, 11) is 1.29. The predicted octanol–water partition coefficient (Wildman–Crippen LogP) is 2.30. The average Bonchev–Trinajstić information content (AvgIpc) is 3.57. The van der Waals surface area contributed by atoms with Gasteiger partial charge in [-0.2, -0.15) is 0 Å². The number of aliphatic hydroxyl groups is 1. The Morgan fingerprint density at radius 2 is 2.13 bits per heavy atom. The molecule has 1 aliphatic rings. The maximum atomic E-state index is 13.1. The molecular formula is C22H29N3O5S. The predicted molar refractivity (Wildman–Crippen MR) is 119 cm³/mol. The van der Waals surface area contributed by atoms with Gasteiger partial charge in [0.25, 0.3) is 5.56 Å². The van der Waals surface area contributed by atoms with Crippen molar-refractivity contribution in [2.45, 2.75) is 50.9 Å². The molecule has 1 heterocycles. The molecule has 0 radical (unpaired) electrons. The van der Waals surface area contributed by atoms with Crippen molar-refractivity contribution in [1.82, 2.24) is 14.5 Å². The number of aromatic nitrogens is 2. The molecule has 1 aliphatic carbocycles. The first kappa shape index (κ1) is 23.3. The highest BCUT2D eigenvalue weighted by atomic mass is 32.2. The summed E-state index contributed by atoms with van der Waals surface area (Å²) in [5.41, 5.74) is 0.328. The number of methoxy groups -OCH3 is 1. The molecule has 168 valence electrons. The number of hydrogen-bond donors (Lipinski definition) is 1. The lowest BCUT2D eigenvalue weighted by Gasteiger charge is -2.22. The summed E-state index contributed by atoms with van der Waals surface area (Å²) in [5, 5.41) is 10.6. The number of aliphatic hydroxyl groups excluding tert-OH is 1. The molecule has 1 saturated carbocycles. The fourth-order valence-electron chi connectivity index (χ4n) is 3.40. The van der Waals surface area contributed by atoms with Crippen LogP contribution in [0.15, 0.2) is 28.2 Å². The first-order chi connectivity index (χ1) is 14.8. The van der Waals surface area contributed by atoms with Crippen LogP contribution in [-0.4, -0.2) is 63.5 Å². The summed E-state index contributed by atoms with van der Waals surface area (Å²) in [6.45, 7) is 5.20. The van der Waals surface area contributed by atoms with E-state index in [1.807, 2.05) is 11.8 Å². The van der Waals surface area contributed by atoms with Crippen LogP contribution in [0.1, 0.15) is 43.5 Å². The molecule has 9 heteroatoms. The van der Waals surface area contributed by atoms with Crippen LogP contribution in [0, 0.1) is 5.92 Å². The van der Waals surface area contributed by atoms with Gasteiger partial charge in [0.2, 0.25) is 5.91 Å². The van der Waals surface area contributed by atoms with Gasteiger partial charge in [0, 0.05) is 13.1 Å². The summed E-state index contributed by atoms with van der Waals surface area (Å²) in [5.74, 6) is 0.252. The molecular weight excluding hydrogens is 418 g/mol. The SMILES string of the molecule is CCCN(CC1CC1)C(=O)CSc1nc2cc(C(=O)OC)ccc2c(=O)n1C[C@@H](C)O.